The Hall–Kier alpha value is -19.7. The SMILES string of the molecule is CC(C)C(=O)Nc1cncc(-c2cnc3n[nH]c(-c4nc5c(-c6ccncc6)cccc5[nH]4)c3c2)c1.CC(C)CC(=O)Nc1cncc(-c2cnc3n[nH]c(-c4nc5c(-c6ccncc6)cccc5[nH]4)c3c2)c1.CCC(=O)Nc1cncc(-c2cnc3n[nH]c(-c4nc5c(-c6ccncc6)cccc5[nH]4)c3c2)c1.O=C(Nc1cncc(-c2cnc3n[nH]c(-c4nc5c(-c6ccncc6)cccc5[nH]4)c3c2)c1)C1CC1. The highest BCUT2D eigenvalue weighted by atomic mass is 16.2. The number of H-pyrrole nitrogens is 8. The molecular formula is C108H86N32O4. The number of imidazole rings is 4. The van der Waals surface area contributed by atoms with E-state index in [2.05, 4.69) is 148 Å². The minimum Gasteiger partial charge on any atom is -0.337 e. The highest BCUT2D eigenvalue weighted by Gasteiger charge is 2.30. The molecular weight excluding hydrogens is 1810 g/mol. The molecule has 0 bridgehead atoms. The lowest BCUT2D eigenvalue weighted by molar-refractivity contribution is -0.119. The monoisotopic (exact) mass is 1890 g/mol. The first kappa shape index (κ1) is 89.5. The maximum atomic E-state index is 12.2. The number of nitrogens with zero attached hydrogens (tertiary/aromatic N) is 20. The number of para-hydroxylation sites is 4. The van der Waals surface area contributed by atoms with Crippen molar-refractivity contribution in [3.8, 4) is 135 Å². The predicted molar refractivity (Wildman–Crippen MR) is 554 cm³/mol. The van der Waals surface area contributed by atoms with E-state index in [9.17, 15) is 19.2 Å². The van der Waals surface area contributed by atoms with Crippen LogP contribution in [0.5, 0.6) is 0 Å². The van der Waals surface area contributed by atoms with Gasteiger partial charge in [-0.25, -0.2) is 39.9 Å². The molecule has 20 heterocycles. The number of rotatable bonds is 21. The third-order valence-electron chi connectivity index (χ3n) is 24.4. The van der Waals surface area contributed by atoms with Gasteiger partial charge in [0.2, 0.25) is 23.6 Å². The molecule has 702 valence electrons. The van der Waals surface area contributed by atoms with Crippen molar-refractivity contribution in [3.05, 3.63) is 294 Å². The highest BCUT2D eigenvalue weighted by molar-refractivity contribution is 6.04. The number of hydrogen-bond donors (Lipinski definition) is 12. The maximum absolute atomic E-state index is 12.2. The lowest BCUT2D eigenvalue weighted by Crippen LogP contribution is -2.17. The first-order chi connectivity index (χ1) is 70.5. The molecule has 0 unspecified atom stereocenters. The fraction of sp³-hybridized carbons (Fsp3) is 0.111. The molecule has 36 heteroatoms. The van der Waals surface area contributed by atoms with Crippen LogP contribution < -0.4 is 21.3 Å². The average Bonchev–Trinajstić information content (AvgIpc) is 1.62. The molecule has 4 amide bonds. The van der Waals surface area contributed by atoms with Gasteiger partial charge in [-0.05, 0) is 162 Å². The molecule has 0 radical (unpaired) electrons. The van der Waals surface area contributed by atoms with Gasteiger partial charge in [-0.3, -0.25) is 79.4 Å². The van der Waals surface area contributed by atoms with Crippen molar-refractivity contribution in [2.45, 2.75) is 60.3 Å². The van der Waals surface area contributed by atoms with E-state index in [-0.39, 0.29) is 41.4 Å². The van der Waals surface area contributed by atoms with Gasteiger partial charge in [-0.15, -0.1) is 0 Å². The molecule has 0 atom stereocenters. The molecule has 0 aliphatic heterocycles. The van der Waals surface area contributed by atoms with Gasteiger partial charge >= 0.3 is 0 Å². The number of fused-ring (bicyclic) bond motifs is 8. The number of carbonyl (C=O) groups excluding carboxylic acids is 4. The molecule has 144 heavy (non-hydrogen) atoms. The van der Waals surface area contributed by atoms with Crippen molar-refractivity contribution < 1.29 is 19.2 Å². The average molecular weight is 1900 g/mol. The molecule has 0 spiro atoms. The summed E-state index contributed by atoms with van der Waals surface area (Å²) in [4.78, 5) is 133. The largest absolute Gasteiger partial charge is 0.337 e. The minimum absolute atomic E-state index is 0.0318. The molecule has 1 saturated carbocycles. The van der Waals surface area contributed by atoms with E-state index < -0.39 is 0 Å². The quantitative estimate of drug-likeness (QED) is 0.0318. The molecule has 0 saturated heterocycles. The van der Waals surface area contributed by atoms with E-state index in [0.717, 1.165) is 190 Å². The van der Waals surface area contributed by atoms with Gasteiger partial charge in [-0.2, -0.15) is 20.4 Å². The summed E-state index contributed by atoms with van der Waals surface area (Å²) in [5.41, 5.74) is 30.2. The molecule has 36 nitrogen and oxygen atoms in total. The smallest absolute Gasteiger partial charge is 0.227 e. The van der Waals surface area contributed by atoms with Gasteiger partial charge < -0.3 is 41.2 Å². The molecule has 1 aliphatic rings. The first-order valence-corrected chi connectivity index (χ1v) is 46.5. The summed E-state index contributed by atoms with van der Waals surface area (Å²) in [7, 11) is 0. The lowest BCUT2D eigenvalue weighted by Gasteiger charge is -2.09. The molecule has 12 N–H and O–H groups in total. The molecule has 20 aromatic heterocycles. The normalized spacial score (nSPS) is 11.9. The zero-order chi connectivity index (χ0) is 97.8. The lowest BCUT2D eigenvalue weighted by atomic mass is 10.1. The molecule has 1 aliphatic carbocycles. The Morgan fingerprint density at radius 1 is 0.312 bits per heavy atom. The zero-order valence-electron chi connectivity index (χ0n) is 77.9. The molecule has 24 aromatic rings. The predicted octanol–water partition coefficient (Wildman–Crippen LogP) is 20.8. The van der Waals surface area contributed by atoms with Crippen LogP contribution in [0.2, 0.25) is 0 Å². The van der Waals surface area contributed by atoms with E-state index in [1.807, 2.05) is 198 Å². The first-order valence-electron chi connectivity index (χ1n) is 46.5. The summed E-state index contributed by atoms with van der Waals surface area (Å²) in [6.45, 7) is 9.54. The second kappa shape index (κ2) is 39.1. The number of pyridine rings is 12. The van der Waals surface area contributed by atoms with Crippen molar-refractivity contribution in [3.63, 3.8) is 0 Å². The molecule has 25 rings (SSSR count). The van der Waals surface area contributed by atoms with Crippen LogP contribution in [0, 0.1) is 17.8 Å². The third kappa shape index (κ3) is 18.8. The van der Waals surface area contributed by atoms with E-state index in [1.165, 1.54) is 0 Å². The number of hydrogen-bond acceptors (Lipinski definition) is 24. The molecule has 4 aromatic carbocycles. The van der Waals surface area contributed by atoms with Crippen LogP contribution in [0.15, 0.2) is 294 Å². The second-order valence-corrected chi connectivity index (χ2v) is 35.2. The van der Waals surface area contributed by atoms with E-state index in [0.29, 0.717) is 81.5 Å². The summed E-state index contributed by atoms with van der Waals surface area (Å²) < 4.78 is 0. The second-order valence-electron chi connectivity index (χ2n) is 35.2. The summed E-state index contributed by atoms with van der Waals surface area (Å²) in [6.07, 6.45) is 37.5. The topological polar surface area (TPSA) is 501 Å². The van der Waals surface area contributed by atoms with Gasteiger partial charge in [-0.1, -0.05) is 83.1 Å². The van der Waals surface area contributed by atoms with Gasteiger partial charge in [0.1, 0.15) is 22.8 Å². The molecule has 1 fully saturated rings. The number of aromatic amines is 8. The van der Waals surface area contributed by atoms with Crippen LogP contribution >= 0.6 is 0 Å². The summed E-state index contributed by atoms with van der Waals surface area (Å²) in [5.74, 6) is 2.87. The van der Waals surface area contributed by atoms with Crippen LogP contribution in [0.4, 0.5) is 22.7 Å². The van der Waals surface area contributed by atoms with Crippen molar-refractivity contribution in [1.29, 1.82) is 0 Å². The Balaban J connectivity index is 0.000000110. The number of anilines is 4. The number of aromatic nitrogens is 28. The van der Waals surface area contributed by atoms with E-state index in [4.69, 9.17) is 19.9 Å². The Morgan fingerprint density at radius 3 is 0.868 bits per heavy atom. The van der Waals surface area contributed by atoms with Gasteiger partial charge in [0.15, 0.2) is 45.9 Å². The van der Waals surface area contributed by atoms with Crippen LogP contribution in [0.25, 0.3) is 223 Å². The fourth-order valence-corrected chi connectivity index (χ4v) is 17.0. The standard InChI is InChI=1S/C28H24N8O.C27H20N8O.C27H22N8O.C26H20N8O/c1-16(2)10-24(37)32-20-11-18(13-30-15-20)19-12-22-26(35-36-27(22)31-14-19)28-33-23-5-3-4-21(25(23)34-28)17-6-8-29-9-7-17;36-27(16-4-5-16)31-19-10-17(12-29-14-19)18-11-21-24(34-35-25(21)30-13-18)26-32-22-3-1-2-20(23(22)33-26)15-6-8-28-9-7-15;1-15(2)27(36)31-19-10-17(12-29-14-19)18-11-21-24(34-35-25(21)30-13-18)26-32-22-5-3-4-20(23(22)33-26)16-6-8-28-9-7-16;1-2-22(35)30-18-10-16(12-28-14-18)17-11-20-24(33-34-25(20)29-13-17)26-31-21-5-3-4-19(23(21)32-26)15-6-8-27-9-7-15/h3-9,11-16H,10H2,1-2H3,(H,32,37)(H,33,34)(H,31,35,36);1-3,6-14,16H,4-5H2,(H,31,36)(H,32,33)(H,30,34,35);3-15H,1-2H3,(H,31,36)(H,32,33)(H,30,34,35);3-14H,2H2,1H3,(H,30,35)(H,31,32)(H,29,33,34). The highest BCUT2D eigenvalue weighted by Crippen LogP contribution is 2.41. The third-order valence-corrected chi connectivity index (χ3v) is 24.4. The number of nitrogens with one attached hydrogen (secondary N) is 12. The Kier molecular flexibility index (Phi) is 24.3. The maximum Gasteiger partial charge on any atom is 0.227 e. The summed E-state index contributed by atoms with van der Waals surface area (Å²) >= 11 is 0. The van der Waals surface area contributed by atoms with Gasteiger partial charge in [0.25, 0.3) is 0 Å². The van der Waals surface area contributed by atoms with Crippen molar-refractivity contribution in [2.75, 3.05) is 21.3 Å². The van der Waals surface area contributed by atoms with Crippen LogP contribution in [-0.4, -0.2) is 164 Å². The summed E-state index contributed by atoms with van der Waals surface area (Å²) in [5, 5.41) is 44.8. The number of carbonyl (C=O) groups is 4. The van der Waals surface area contributed by atoms with Gasteiger partial charge in [0, 0.05) is 191 Å². The van der Waals surface area contributed by atoms with Crippen LogP contribution in [0.1, 0.15) is 60.3 Å². The van der Waals surface area contributed by atoms with Crippen molar-refractivity contribution >= 4 is 135 Å². The van der Waals surface area contributed by atoms with Crippen LogP contribution in [0.3, 0.4) is 0 Å². The number of benzene rings is 4. The Labute approximate surface area is 817 Å². The summed E-state index contributed by atoms with van der Waals surface area (Å²) in [6, 6.07) is 55.6. The number of amides is 4. The van der Waals surface area contributed by atoms with E-state index >= 15 is 0 Å². The van der Waals surface area contributed by atoms with Crippen molar-refractivity contribution in [2.24, 2.45) is 17.8 Å². The Morgan fingerprint density at radius 2 is 0.590 bits per heavy atom. The van der Waals surface area contributed by atoms with Crippen LogP contribution in [-0.2, 0) is 19.2 Å². The Bertz CT molecular complexity index is 8700. The zero-order valence-corrected chi connectivity index (χ0v) is 77.9. The van der Waals surface area contributed by atoms with Crippen molar-refractivity contribution in [1.82, 2.24) is 140 Å². The fourth-order valence-electron chi connectivity index (χ4n) is 17.0. The minimum atomic E-state index is -0.122. The van der Waals surface area contributed by atoms with E-state index in [1.54, 1.807) is 124 Å². The van der Waals surface area contributed by atoms with Gasteiger partial charge in [0.05, 0.1) is 113 Å².